The summed E-state index contributed by atoms with van der Waals surface area (Å²) in [4.78, 5) is 1.09. The number of hydrogen-bond donors (Lipinski definition) is 3. The van der Waals surface area contributed by atoms with Gasteiger partial charge in [-0.05, 0) is 36.5 Å². The van der Waals surface area contributed by atoms with Gasteiger partial charge in [-0.3, -0.25) is 0 Å². The number of thiophene rings is 1. The van der Waals surface area contributed by atoms with Gasteiger partial charge in [0.25, 0.3) is 0 Å². The monoisotopic (exact) mass is 346 g/mol. The maximum absolute atomic E-state index is 10.2. The first-order valence-corrected chi connectivity index (χ1v) is 8.31. The van der Waals surface area contributed by atoms with Gasteiger partial charge < -0.3 is 15.7 Å². The molecular formula is C16H11ClN2OS2. The largest absolute Gasteiger partial charge is 0.508 e. The molecule has 0 aliphatic carbocycles. The number of halogens is 1. The lowest BCUT2D eigenvalue weighted by Crippen LogP contribution is -2.37. The lowest BCUT2D eigenvalue weighted by Gasteiger charge is -2.27. The summed E-state index contributed by atoms with van der Waals surface area (Å²) < 4.78 is 1.13. The molecule has 0 fully saturated rings. The molecule has 0 amide bonds. The van der Waals surface area contributed by atoms with Crippen LogP contribution in [0.15, 0.2) is 42.5 Å². The number of benzene rings is 2. The Morgan fingerprint density at radius 2 is 2.00 bits per heavy atom. The Balaban J connectivity index is 1.96. The maximum atomic E-state index is 10.2. The standard InChI is InChI=1S/C16H11ClN2OS2/c17-8-5-6-12-10(7-8)14-15(22-12)13(18-16(21)19-14)9-3-1-2-4-11(9)20/h1-7,13,20H,(H2,18,19,21). The summed E-state index contributed by atoms with van der Waals surface area (Å²) in [6.45, 7) is 0. The van der Waals surface area contributed by atoms with Crippen molar-refractivity contribution in [3.63, 3.8) is 0 Å². The molecule has 3 nitrogen and oxygen atoms in total. The van der Waals surface area contributed by atoms with Gasteiger partial charge in [-0.2, -0.15) is 0 Å². The van der Waals surface area contributed by atoms with Gasteiger partial charge in [-0.25, -0.2) is 0 Å². The molecule has 2 aromatic carbocycles. The minimum Gasteiger partial charge on any atom is -0.508 e. The van der Waals surface area contributed by atoms with E-state index in [1.165, 1.54) is 0 Å². The number of anilines is 1. The first-order valence-electron chi connectivity index (χ1n) is 6.71. The van der Waals surface area contributed by atoms with Crippen LogP contribution >= 0.6 is 35.2 Å². The van der Waals surface area contributed by atoms with Gasteiger partial charge in [0.1, 0.15) is 5.75 Å². The maximum Gasteiger partial charge on any atom is 0.171 e. The van der Waals surface area contributed by atoms with Gasteiger partial charge in [-0.1, -0.05) is 29.8 Å². The molecule has 0 bridgehead atoms. The van der Waals surface area contributed by atoms with E-state index in [1.807, 2.05) is 36.4 Å². The number of hydrogen-bond acceptors (Lipinski definition) is 3. The molecule has 0 spiro atoms. The third-order valence-electron chi connectivity index (χ3n) is 3.70. The van der Waals surface area contributed by atoms with Crippen LogP contribution in [0.5, 0.6) is 5.75 Å². The quantitative estimate of drug-likeness (QED) is 0.561. The van der Waals surface area contributed by atoms with Crippen molar-refractivity contribution in [2.45, 2.75) is 6.04 Å². The number of phenols is 1. The number of rotatable bonds is 1. The van der Waals surface area contributed by atoms with Gasteiger partial charge in [0.15, 0.2) is 5.11 Å². The molecule has 110 valence electrons. The van der Waals surface area contributed by atoms with Gasteiger partial charge in [0.05, 0.1) is 16.6 Å². The zero-order valence-corrected chi connectivity index (χ0v) is 13.6. The van der Waals surface area contributed by atoms with Crippen molar-refractivity contribution < 1.29 is 5.11 Å². The summed E-state index contributed by atoms with van der Waals surface area (Å²) in [7, 11) is 0. The SMILES string of the molecule is Oc1ccccc1C1NC(=S)Nc2c1sc1ccc(Cl)cc21. The summed E-state index contributed by atoms with van der Waals surface area (Å²) in [5.41, 5.74) is 1.78. The fourth-order valence-electron chi connectivity index (χ4n) is 2.72. The van der Waals surface area contributed by atoms with E-state index in [0.29, 0.717) is 10.1 Å². The lowest BCUT2D eigenvalue weighted by atomic mass is 10.0. The Hall–Kier alpha value is -1.82. The molecular weight excluding hydrogens is 336 g/mol. The number of para-hydroxylation sites is 1. The number of phenolic OH excluding ortho intramolecular Hbond substituents is 1. The molecule has 1 unspecified atom stereocenters. The third-order valence-corrected chi connectivity index (χ3v) is 5.39. The van der Waals surface area contributed by atoms with Crippen molar-refractivity contribution in [1.29, 1.82) is 0 Å². The van der Waals surface area contributed by atoms with E-state index in [1.54, 1.807) is 17.4 Å². The Labute approximate surface area is 141 Å². The summed E-state index contributed by atoms with van der Waals surface area (Å²) in [6.07, 6.45) is 0. The van der Waals surface area contributed by atoms with Crippen molar-refractivity contribution in [2.75, 3.05) is 5.32 Å². The smallest absolute Gasteiger partial charge is 0.171 e. The number of nitrogens with one attached hydrogen (secondary N) is 2. The Bertz CT molecular complexity index is 906. The highest BCUT2D eigenvalue weighted by atomic mass is 35.5. The van der Waals surface area contributed by atoms with Crippen LogP contribution in [0.25, 0.3) is 10.1 Å². The van der Waals surface area contributed by atoms with Crippen LogP contribution in [0.2, 0.25) is 5.02 Å². The van der Waals surface area contributed by atoms with E-state index in [9.17, 15) is 5.11 Å². The van der Waals surface area contributed by atoms with Gasteiger partial charge in [-0.15, -0.1) is 11.3 Å². The second-order valence-corrected chi connectivity index (χ2v) is 7.00. The van der Waals surface area contributed by atoms with Gasteiger partial charge in [0.2, 0.25) is 0 Å². The highest BCUT2D eigenvalue weighted by molar-refractivity contribution is 7.80. The van der Waals surface area contributed by atoms with Crippen molar-refractivity contribution in [2.24, 2.45) is 0 Å². The highest BCUT2D eigenvalue weighted by Gasteiger charge is 2.29. The van der Waals surface area contributed by atoms with E-state index in [0.717, 1.165) is 26.2 Å². The Morgan fingerprint density at radius 1 is 1.18 bits per heavy atom. The number of thiocarbonyl (C=S) groups is 1. The van der Waals surface area contributed by atoms with Gasteiger partial charge in [0, 0.05) is 20.7 Å². The van der Waals surface area contributed by atoms with Crippen LogP contribution in [0.1, 0.15) is 16.5 Å². The zero-order valence-electron chi connectivity index (χ0n) is 11.3. The van der Waals surface area contributed by atoms with Crippen molar-refractivity contribution in [1.82, 2.24) is 5.32 Å². The van der Waals surface area contributed by atoms with Crippen molar-refractivity contribution in [3.8, 4) is 5.75 Å². The zero-order chi connectivity index (χ0) is 15.3. The molecule has 3 aromatic rings. The molecule has 2 heterocycles. The Kier molecular flexibility index (Phi) is 3.22. The lowest BCUT2D eigenvalue weighted by molar-refractivity contribution is 0.463. The van der Waals surface area contributed by atoms with Crippen molar-refractivity contribution >= 4 is 56.0 Å². The summed E-state index contributed by atoms with van der Waals surface area (Å²) >= 11 is 13.1. The highest BCUT2D eigenvalue weighted by Crippen LogP contribution is 2.45. The second-order valence-electron chi connectivity index (χ2n) is 5.07. The number of aromatic hydroxyl groups is 1. The summed E-state index contributed by atoms with van der Waals surface area (Å²) in [6, 6.07) is 13.0. The molecule has 1 aliphatic heterocycles. The van der Waals surface area contributed by atoms with E-state index < -0.39 is 0 Å². The van der Waals surface area contributed by atoms with Gasteiger partial charge >= 0.3 is 0 Å². The average molecular weight is 347 g/mol. The van der Waals surface area contributed by atoms with E-state index in [4.69, 9.17) is 23.8 Å². The molecule has 1 aromatic heterocycles. The fourth-order valence-corrected chi connectivity index (χ4v) is 4.32. The molecule has 0 radical (unpaired) electrons. The first kappa shape index (κ1) is 13.8. The fraction of sp³-hybridized carbons (Fsp3) is 0.0625. The van der Waals surface area contributed by atoms with Crippen LogP contribution in [0, 0.1) is 0 Å². The molecule has 4 rings (SSSR count). The Morgan fingerprint density at radius 3 is 2.82 bits per heavy atom. The molecule has 1 atom stereocenters. The minimum atomic E-state index is -0.166. The van der Waals surface area contributed by atoms with Crippen LogP contribution < -0.4 is 10.6 Å². The molecule has 0 saturated heterocycles. The molecule has 6 heteroatoms. The predicted molar refractivity (Wildman–Crippen MR) is 96.1 cm³/mol. The molecule has 1 aliphatic rings. The molecule has 3 N–H and O–H groups in total. The topological polar surface area (TPSA) is 44.3 Å². The second kappa shape index (κ2) is 5.12. The van der Waals surface area contributed by atoms with Crippen LogP contribution in [0.4, 0.5) is 5.69 Å². The summed E-state index contributed by atoms with van der Waals surface area (Å²) in [5, 5.41) is 18.9. The minimum absolute atomic E-state index is 0.166. The normalized spacial score (nSPS) is 17.0. The molecule has 22 heavy (non-hydrogen) atoms. The average Bonchev–Trinajstić information content (AvgIpc) is 2.85. The first-order chi connectivity index (χ1) is 10.6. The van der Waals surface area contributed by atoms with Crippen LogP contribution in [-0.2, 0) is 0 Å². The van der Waals surface area contributed by atoms with Crippen molar-refractivity contribution in [3.05, 3.63) is 57.9 Å². The summed E-state index contributed by atoms with van der Waals surface area (Å²) in [5.74, 6) is 0.256. The molecule has 0 saturated carbocycles. The van der Waals surface area contributed by atoms with Crippen LogP contribution in [-0.4, -0.2) is 10.2 Å². The van der Waals surface area contributed by atoms with E-state index >= 15 is 0 Å². The predicted octanol–water partition coefficient (Wildman–Crippen LogP) is 4.65. The van der Waals surface area contributed by atoms with Crippen LogP contribution in [0.3, 0.4) is 0 Å². The van der Waals surface area contributed by atoms with E-state index in [-0.39, 0.29) is 11.8 Å². The third kappa shape index (κ3) is 2.13. The van der Waals surface area contributed by atoms with E-state index in [2.05, 4.69) is 10.6 Å². The number of fused-ring (bicyclic) bond motifs is 3.